The fraction of sp³-hybridized carbons (Fsp3) is 0.500. The molecule has 4 heteroatoms. The molecule has 2 N–H and O–H groups in total. The van der Waals surface area contributed by atoms with Crippen molar-refractivity contribution >= 4 is 21.6 Å². The summed E-state index contributed by atoms with van der Waals surface area (Å²) in [5.74, 6) is 0. The predicted octanol–water partition coefficient (Wildman–Crippen LogP) is 3.29. The lowest BCUT2D eigenvalue weighted by Crippen LogP contribution is -2.30. The van der Waals surface area contributed by atoms with Crippen LogP contribution >= 0.6 is 15.9 Å². The maximum absolute atomic E-state index is 9.55. The van der Waals surface area contributed by atoms with Gasteiger partial charge in [-0.1, -0.05) is 28.8 Å². The van der Waals surface area contributed by atoms with Gasteiger partial charge in [0, 0.05) is 16.4 Å². The monoisotopic (exact) mass is 308 g/mol. The third-order valence-electron chi connectivity index (χ3n) is 3.76. The van der Waals surface area contributed by atoms with Gasteiger partial charge in [-0.3, -0.25) is 0 Å². The van der Waals surface area contributed by atoms with Crippen LogP contribution in [0.5, 0.6) is 0 Å². The van der Waals surface area contributed by atoms with Gasteiger partial charge >= 0.3 is 0 Å². The van der Waals surface area contributed by atoms with Crippen molar-refractivity contribution in [3.05, 3.63) is 28.2 Å². The first-order chi connectivity index (χ1) is 8.69. The van der Waals surface area contributed by atoms with Gasteiger partial charge in [0.2, 0.25) is 0 Å². The third-order valence-corrected chi connectivity index (χ3v) is 4.25. The minimum absolute atomic E-state index is 0.000199. The van der Waals surface area contributed by atoms with Gasteiger partial charge in [-0.05, 0) is 31.0 Å². The highest BCUT2D eigenvalue weighted by molar-refractivity contribution is 9.10. The van der Waals surface area contributed by atoms with Crippen molar-refractivity contribution < 1.29 is 5.11 Å². The summed E-state index contributed by atoms with van der Waals surface area (Å²) >= 11 is 3.36. The van der Waals surface area contributed by atoms with Crippen LogP contribution in [-0.2, 0) is 0 Å². The maximum Gasteiger partial charge on any atom is 0.101 e. The van der Waals surface area contributed by atoms with Gasteiger partial charge in [0.1, 0.15) is 6.07 Å². The van der Waals surface area contributed by atoms with Crippen molar-refractivity contribution in [2.45, 2.75) is 25.7 Å². The van der Waals surface area contributed by atoms with Gasteiger partial charge in [0.25, 0.3) is 0 Å². The van der Waals surface area contributed by atoms with E-state index in [1.54, 1.807) is 0 Å². The molecule has 1 aromatic rings. The second-order valence-corrected chi connectivity index (χ2v) is 5.94. The van der Waals surface area contributed by atoms with Crippen molar-refractivity contribution in [1.82, 2.24) is 0 Å². The van der Waals surface area contributed by atoms with Crippen molar-refractivity contribution in [3.63, 3.8) is 0 Å². The van der Waals surface area contributed by atoms with Crippen molar-refractivity contribution in [1.29, 1.82) is 5.26 Å². The normalized spacial score (nSPS) is 17.4. The van der Waals surface area contributed by atoms with E-state index in [9.17, 15) is 5.11 Å². The Morgan fingerprint density at radius 3 is 2.72 bits per heavy atom. The Morgan fingerprint density at radius 1 is 1.39 bits per heavy atom. The molecule has 3 nitrogen and oxygen atoms in total. The molecular formula is C14H17BrN2O. The summed E-state index contributed by atoms with van der Waals surface area (Å²) in [7, 11) is 0. The van der Waals surface area contributed by atoms with Crippen LogP contribution in [0.25, 0.3) is 0 Å². The first-order valence-electron chi connectivity index (χ1n) is 6.23. The summed E-state index contributed by atoms with van der Waals surface area (Å²) in [6, 6.07) is 7.82. The molecule has 0 saturated heterocycles. The Balaban J connectivity index is 2.08. The standard InChI is InChI=1S/C14H17BrN2O/c15-12-3-4-13(11(7-12)8-16)17-9-14(10-18)5-1-2-6-14/h3-4,7,17-18H,1-2,5-6,9-10H2. The number of hydrogen-bond donors (Lipinski definition) is 2. The molecule has 0 radical (unpaired) electrons. The molecule has 1 saturated carbocycles. The molecule has 1 fully saturated rings. The van der Waals surface area contributed by atoms with Crippen LogP contribution in [0.1, 0.15) is 31.2 Å². The van der Waals surface area contributed by atoms with Gasteiger partial charge in [0.05, 0.1) is 17.9 Å². The summed E-state index contributed by atoms with van der Waals surface area (Å²) in [5, 5.41) is 22.0. The zero-order valence-electron chi connectivity index (χ0n) is 10.2. The number of benzene rings is 1. The van der Waals surface area contributed by atoms with E-state index in [-0.39, 0.29) is 12.0 Å². The Bertz CT molecular complexity index is 461. The lowest BCUT2D eigenvalue weighted by molar-refractivity contribution is 0.142. The van der Waals surface area contributed by atoms with E-state index in [2.05, 4.69) is 27.3 Å². The second kappa shape index (κ2) is 5.73. The number of hydrogen-bond acceptors (Lipinski definition) is 3. The predicted molar refractivity (Wildman–Crippen MR) is 75.3 cm³/mol. The Morgan fingerprint density at radius 2 is 2.11 bits per heavy atom. The highest BCUT2D eigenvalue weighted by Crippen LogP contribution is 2.38. The summed E-state index contributed by atoms with van der Waals surface area (Å²) in [6.45, 7) is 0.957. The first kappa shape index (κ1) is 13.4. The molecule has 0 bridgehead atoms. The minimum Gasteiger partial charge on any atom is -0.396 e. The zero-order chi connectivity index (χ0) is 13.0. The van der Waals surface area contributed by atoms with Crippen LogP contribution in [0.4, 0.5) is 5.69 Å². The maximum atomic E-state index is 9.55. The summed E-state index contributed by atoms with van der Waals surface area (Å²) < 4.78 is 0.905. The van der Waals surface area contributed by atoms with Gasteiger partial charge in [-0.25, -0.2) is 0 Å². The Labute approximate surface area is 116 Å². The number of aliphatic hydroxyl groups is 1. The van der Waals surface area contributed by atoms with Crippen LogP contribution in [-0.4, -0.2) is 18.3 Å². The van der Waals surface area contributed by atoms with Gasteiger partial charge < -0.3 is 10.4 Å². The van der Waals surface area contributed by atoms with Gasteiger partial charge in [0.15, 0.2) is 0 Å². The van der Waals surface area contributed by atoms with Crippen LogP contribution < -0.4 is 5.32 Å². The Kier molecular flexibility index (Phi) is 4.26. The number of anilines is 1. The molecule has 0 spiro atoms. The fourth-order valence-electron chi connectivity index (χ4n) is 2.56. The highest BCUT2D eigenvalue weighted by atomic mass is 79.9. The molecule has 0 aliphatic heterocycles. The minimum atomic E-state index is -0.000199. The van der Waals surface area contributed by atoms with Crippen molar-refractivity contribution in [2.24, 2.45) is 5.41 Å². The number of nitriles is 1. The largest absolute Gasteiger partial charge is 0.396 e. The topological polar surface area (TPSA) is 56.0 Å². The summed E-state index contributed by atoms with van der Waals surface area (Å²) in [5.41, 5.74) is 1.48. The lowest BCUT2D eigenvalue weighted by Gasteiger charge is -2.27. The molecule has 96 valence electrons. The highest BCUT2D eigenvalue weighted by Gasteiger charge is 2.32. The molecule has 0 unspecified atom stereocenters. The van der Waals surface area contributed by atoms with E-state index in [0.29, 0.717) is 5.56 Å². The molecule has 1 aliphatic carbocycles. The average molecular weight is 309 g/mol. The van der Waals surface area contributed by atoms with Gasteiger partial charge in [-0.15, -0.1) is 0 Å². The van der Waals surface area contributed by atoms with E-state index in [4.69, 9.17) is 5.26 Å². The van der Waals surface area contributed by atoms with E-state index in [1.807, 2.05) is 18.2 Å². The van der Waals surface area contributed by atoms with E-state index in [0.717, 1.165) is 29.5 Å². The first-order valence-corrected chi connectivity index (χ1v) is 7.03. The van der Waals surface area contributed by atoms with Crippen LogP contribution in [0.3, 0.4) is 0 Å². The van der Waals surface area contributed by atoms with Crippen LogP contribution in [0, 0.1) is 16.7 Å². The summed E-state index contributed by atoms with van der Waals surface area (Å²) in [4.78, 5) is 0. The molecule has 18 heavy (non-hydrogen) atoms. The average Bonchev–Trinajstić information content (AvgIpc) is 2.86. The molecule has 1 aromatic carbocycles. The molecule has 0 atom stereocenters. The third kappa shape index (κ3) is 2.85. The smallest absolute Gasteiger partial charge is 0.101 e. The number of nitrogens with one attached hydrogen (secondary N) is 1. The quantitative estimate of drug-likeness (QED) is 0.897. The SMILES string of the molecule is N#Cc1cc(Br)ccc1NCC1(CO)CCCC1. The number of rotatable bonds is 4. The van der Waals surface area contributed by atoms with Gasteiger partial charge in [-0.2, -0.15) is 5.26 Å². The van der Waals surface area contributed by atoms with E-state index in [1.165, 1.54) is 12.8 Å². The number of aliphatic hydroxyl groups excluding tert-OH is 1. The van der Waals surface area contributed by atoms with Crippen LogP contribution in [0.15, 0.2) is 22.7 Å². The number of halogens is 1. The molecular weight excluding hydrogens is 292 g/mol. The van der Waals surface area contributed by atoms with E-state index < -0.39 is 0 Å². The summed E-state index contributed by atoms with van der Waals surface area (Å²) in [6.07, 6.45) is 4.51. The molecule has 1 aliphatic rings. The fourth-order valence-corrected chi connectivity index (χ4v) is 2.92. The lowest BCUT2D eigenvalue weighted by atomic mass is 9.87. The van der Waals surface area contributed by atoms with Crippen molar-refractivity contribution in [2.75, 3.05) is 18.5 Å². The number of nitrogens with zero attached hydrogens (tertiary/aromatic N) is 1. The Hall–Kier alpha value is -1.05. The zero-order valence-corrected chi connectivity index (χ0v) is 11.8. The molecule has 2 rings (SSSR count). The van der Waals surface area contributed by atoms with Crippen molar-refractivity contribution in [3.8, 4) is 6.07 Å². The molecule has 0 amide bonds. The molecule has 0 heterocycles. The van der Waals surface area contributed by atoms with Crippen LogP contribution in [0.2, 0.25) is 0 Å². The second-order valence-electron chi connectivity index (χ2n) is 5.02. The molecule has 0 aromatic heterocycles. The van der Waals surface area contributed by atoms with E-state index >= 15 is 0 Å².